The van der Waals surface area contributed by atoms with Crippen LogP contribution in [0.4, 0.5) is 0 Å². The summed E-state index contributed by atoms with van der Waals surface area (Å²) in [5, 5.41) is 12.7. The van der Waals surface area contributed by atoms with Gasteiger partial charge >= 0.3 is 0 Å². The van der Waals surface area contributed by atoms with Gasteiger partial charge in [0.1, 0.15) is 0 Å². The van der Waals surface area contributed by atoms with Crippen molar-refractivity contribution in [3.8, 4) is 0 Å². The van der Waals surface area contributed by atoms with Gasteiger partial charge in [-0.1, -0.05) is 243 Å². The molecule has 0 aromatic heterocycles. The molecule has 8 heteroatoms. The summed E-state index contributed by atoms with van der Waals surface area (Å²) in [7, 11) is 15.1. The van der Waals surface area contributed by atoms with E-state index in [1.807, 2.05) is 181 Å². The SMILES string of the molecule is CN=C(C)c1ccccc1.CN=C(C)c1ccccc1.CN=C(C)c1ccccc1.CN=C(C)c1ccccc1.CNC(C)c1ccccc1.CNC(C)c1ccccc1.CNC(C)c1ccccc1.CNC(C)c1ccccc1. The number of nitrogens with one attached hydrogen (secondary N) is 4. The van der Waals surface area contributed by atoms with Crippen LogP contribution >= 0.6 is 0 Å². The van der Waals surface area contributed by atoms with Gasteiger partial charge in [-0.25, -0.2) is 0 Å². The van der Waals surface area contributed by atoms with Crippen LogP contribution < -0.4 is 21.3 Å². The second kappa shape index (κ2) is 45.2. The van der Waals surface area contributed by atoms with Gasteiger partial charge in [0.15, 0.2) is 0 Å². The Bertz CT molecular complexity index is 2410. The van der Waals surface area contributed by atoms with Gasteiger partial charge < -0.3 is 21.3 Å². The van der Waals surface area contributed by atoms with Gasteiger partial charge in [0.05, 0.1) is 0 Å². The first-order valence-electron chi connectivity index (χ1n) is 27.6. The summed E-state index contributed by atoms with van der Waals surface area (Å²) in [4.78, 5) is 16.3. The first-order valence-corrected chi connectivity index (χ1v) is 27.6. The van der Waals surface area contributed by atoms with Crippen LogP contribution in [0.5, 0.6) is 0 Å². The molecule has 8 rings (SSSR count). The Morgan fingerprint density at radius 2 is 0.362 bits per heavy atom. The first-order chi connectivity index (χ1) is 38.7. The molecule has 0 fully saturated rings. The summed E-state index contributed by atoms with van der Waals surface area (Å²) in [6.45, 7) is 16.6. The predicted octanol–water partition coefficient (Wildman–Crippen LogP) is 16.4. The van der Waals surface area contributed by atoms with Crippen molar-refractivity contribution in [2.75, 3.05) is 56.4 Å². The zero-order chi connectivity index (χ0) is 59.2. The van der Waals surface area contributed by atoms with E-state index < -0.39 is 0 Å². The summed E-state index contributed by atoms with van der Waals surface area (Å²) in [5.41, 5.74) is 14.5. The van der Waals surface area contributed by atoms with E-state index in [1.54, 1.807) is 0 Å². The molecule has 0 bridgehead atoms. The smallest absolute Gasteiger partial charge is 0.0386 e. The van der Waals surface area contributed by atoms with Gasteiger partial charge in [0, 0.05) is 75.2 Å². The average Bonchev–Trinajstić information content (AvgIpc) is 3.55. The van der Waals surface area contributed by atoms with Gasteiger partial charge in [0.2, 0.25) is 0 Å². The molecule has 0 saturated carbocycles. The van der Waals surface area contributed by atoms with Crippen molar-refractivity contribution in [1.29, 1.82) is 0 Å². The van der Waals surface area contributed by atoms with Crippen LogP contribution in [0.2, 0.25) is 0 Å². The van der Waals surface area contributed by atoms with Crippen LogP contribution in [0.25, 0.3) is 0 Å². The predicted molar refractivity (Wildman–Crippen MR) is 354 cm³/mol. The largest absolute Gasteiger partial charge is 0.313 e. The zero-order valence-corrected chi connectivity index (χ0v) is 51.2. The minimum absolute atomic E-state index is 0.459. The Hall–Kier alpha value is -7.72. The summed E-state index contributed by atoms with van der Waals surface area (Å²) in [6.07, 6.45) is 0. The van der Waals surface area contributed by atoms with Crippen molar-refractivity contribution in [3.05, 3.63) is 287 Å². The van der Waals surface area contributed by atoms with E-state index in [0.29, 0.717) is 24.2 Å². The van der Waals surface area contributed by atoms with Crippen LogP contribution in [-0.4, -0.2) is 79.2 Å². The molecule has 4 N–H and O–H groups in total. The van der Waals surface area contributed by atoms with Crippen LogP contribution in [0.15, 0.2) is 263 Å². The molecule has 0 spiro atoms. The molecule has 4 unspecified atom stereocenters. The number of benzene rings is 8. The molecule has 8 aromatic rings. The fourth-order valence-electron chi connectivity index (χ4n) is 6.87. The van der Waals surface area contributed by atoms with Gasteiger partial charge in [-0.3, -0.25) is 20.0 Å². The lowest BCUT2D eigenvalue weighted by molar-refractivity contribution is 0.652. The third-order valence-electron chi connectivity index (χ3n) is 13.0. The van der Waals surface area contributed by atoms with Crippen LogP contribution in [0, 0.1) is 0 Å². The molecular formula is C72H96N8. The molecule has 0 aliphatic carbocycles. The fourth-order valence-corrected chi connectivity index (χ4v) is 6.87. The van der Waals surface area contributed by atoms with E-state index in [-0.39, 0.29) is 0 Å². The number of aliphatic imine (C=N–C) groups is 4. The van der Waals surface area contributed by atoms with E-state index in [2.05, 4.69) is 215 Å². The molecule has 8 aromatic carbocycles. The molecule has 0 amide bonds. The molecule has 0 radical (unpaired) electrons. The van der Waals surface area contributed by atoms with Crippen molar-refractivity contribution < 1.29 is 0 Å². The van der Waals surface area contributed by atoms with Crippen molar-refractivity contribution in [2.24, 2.45) is 20.0 Å². The third-order valence-corrected chi connectivity index (χ3v) is 13.0. The minimum Gasteiger partial charge on any atom is -0.313 e. The molecular weight excluding hydrogens is 977 g/mol. The number of rotatable bonds is 12. The molecule has 0 aliphatic rings. The normalized spacial score (nSPS) is 12.3. The third kappa shape index (κ3) is 31.0. The highest BCUT2D eigenvalue weighted by Crippen LogP contribution is 2.12. The van der Waals surface area contributed by atoms with Crippen LogP contribution in [0.3, 0.4) is 0 Å². The second-order valence-electron chi connectivity index (χ2n) is 18.4. The lowest BCUT2D eigenvalue weighted by atomic mass is 10.1. The zero-order valence-electron chi connectivity index (χ0n) is 51.2. The van der Waals surface area contributed by atoms with Crippen molar-refractivity contribution in [3.63, 3.8) is 0 Å². The maximum Gasteiger partial charge on any atom is 0.0386 e. The lowest BCUT2D eigenvalue weighted by Gasteiger charge is -2.08. The molecule has 4 atom stereocenters. The number of hydrogen-bond donors (Lipinski definition) is 4. The van der Waals surface area contributed by atoms with Gasteiger partial charge in [-0.2, -0.15) is 0 Å². The summed E-state index contributed by atoms with van der Waals surface area (Å²) < 4.78 is 0. The Balaban J connectivity index is 0.000000457. The second-order valence-corrected chi connectivity index (χ2v) is 18.4. The maximum absolute atomic E-state index is 4.08. The topological polar surface area (TPSA) is 97.6 Å². The van der Waals surface area contributed by atoms with Crippen molar-refractivity contribution in [2.45, 2.75) is 79.6 Å². The number of hydrogen-bond acceptors (Lipinski definition) is 8. The molecule has 0 saturated heterocycles. The molecule has 8 nitrogen and oxygen atoms in total. The average molecular weight is 1070 g/mol. The van der Waals surface area contributed by atoms with E-state index in [9.17, 15) is 0 Å². The maximum atomic E-state index is 4.08. The molecule has 80 heavy (non-hydrogen) atoms. The standard InChI is InChI=1S/4C9H13N.4C9H11N/c8*1-8(10-2)9-6-4-3-5-7-9/h4*3-8,10H,1-2H3;4*3-7H,1-2H3. The minimum atomic E-state index is 0.459. The summed E-state index contributed by atoms with van der Waals surface area (Å²) >= 11 is 0. The van der Waals surface area contributed by atoms with E-state index in [4.69, 9.17) is 0 Å². The highest BCUT2D eigenvalue weighted by Gasteiger charge is 2.01. The van der Waals surface area contributed by atoms with Gasteiger partial charge in [-0.15, -0.1) is 0 Å². The monoisotopic (exact) mass is 1070 g/mol. The summed E-state index contributed by atoms with van der Waals surface area (Å²) in [5.74, 6) is 0. The van der Waals surface area contributed by atoms with E-state index in [0.717, 1.165) is 22.8 Å². The summed E-state index contributed by atoms with van der Waals surface area (Å²) in [6, 6.07) is 84.1. The molecule has 0 heterocycles. The first kappa shape index (κ1) is 70.3. The van der Waals surface area contributed by atoms with Crippen molar-refractivity contribution >= 4 is 22.8 Å². The molecule has 0 aliphatic heterocycles. The highest BCUT2D eigenvalue weighted by molar-refractivity contribution is 5.99. The quantitative estimate of drug-likeness (QED) is 0.0917. The Labute approximate surface area is 484 Å². The van der Waals surface area contributed by atoms with E-state index >= 15 is 0 Å². The van der Waals surface area contributed by atoms with Crippen molar-refractivity contribution in [1.82, 2.24) is 21.3 Å². The van der Waals surface area contributed by atoms with E-state index in [1.165, 1.54) is 44.5 Å². The Morgan fingerprint density at radius 3 is 0.475 bits per heavy atom. The Kier molecular flexibility index (Phi) is 39.7. The molecule has 424 valence electrons. The number of nitrogens with zero attached hydrogens (tertiary/aromatic N) is 4. The van der Waals surface area contributed by atoms with Crippen LogP contribution in [-0.2, 0) is 0 Å². The lowest BCUT2D eigenvalue weighted by Crippen LogP contribution is -2.11. The van der Waals surface area contributed by atoms with Gasteiger partial charge in [-0.05, 0) is 128 Å². The fraction of sp³-hybridized carbons (Fsp3) is 0.278. The Morgan fingerprint density at radius 1 is 0.237 bits per heavy atom. The highest BCUT2D eigenvalue weighted by atomic mass is 14.9. The van der Waals surface area contributed by atoms with Crippen LogP contribution in [0.1, 0.15) is 124 Å². The van der Waals surface area contributed by atoms with Gasteiger partial charge in [0.25, 0.3) is 0 Å².